The smallest absolute Gasteiger partial charge is 0.254 e. The van der Waals surface area contributed by atoms with Crippen LogP contribution in [0.1, 0.15) is 30.6 Å². The number of halogens is 1. The largest absolute Gasteiger partial charge is 0.490 e. The van der Waals surface area contributed by atoms with Gasteiger partial charge in [0.25, 0.3) is 5.91 Å². The fourth-order valence-electron chi connectivity index (χ4n) is 3.48. The average Bonchev–Trinajstić information content (AvgIpc) is 3.22. The molecule has 1 amide bonds. The molecule has 0 saturated carbocycles. The Hall–Kier alpha value is -2.58. The second-order valence-electron chi connectivity index (χ2n) is 7.17. The minimum Gasteiger partial charge on any atom is -0.490 e. The van der Waals surface area contributed by atoms with E-state index in [-0.39, 0.29) is 5.91 Å². The maximum atomic E-state index is 13.1. The third-order valence-electron chi connectivity index (χ3n) is 5.00. The van der Waals surface area contributed by atoms with E-state index in [0.29, 0.717) is 48.4 Å². The summed E-state index contributed by atoms with van der Waals surface area (Å²) in [6, 6.07) is 7.26. The molecular formula is C22H25ClN4O3S. The van der Waals surface area contributed by atoms with Crippen LogP contribution in [0, 0.1) is 0 Å². The number of benzene rings is 1. The maximum absolute atomic E-state index is 13.1. The molecule has 7 nitrogen and oxygen atoms in total. The highest BCUT2D eigenvalue weighted by Crippen LogP contribution is 2.37. The molecule has 31 heavy (non-hydrogen) atoms. The van der Waals surface area contributed by atoms with E-state index < -0.39 is 0 Å². The van der Waals surface area contributed by atoms with Gasteiger partial charge in [0.1, 0.15) is 10.3 Å². The molecule has 0 N–H and O–H groups in total. The summed E-state index contributed by atoms with van der Waals surface area (Å²) in [7, 11) is 0. The van der Waals surface area contributed by atoms with E-state index in [9.17, 15) is 4.79 Å². The molecule has 9 heteroatoms. The van der Waals surface area contributed by atoms with Gasteiger partial charge in [0.05, 0.1) is 18.2 Å². The average molecular weight is 461 g/mol. The van der Waals surface area contributed by atoms with E-state index in [1.54, 1.807) is 29.7 Å². The highest BCUT2D eigenvalue weighted by atomic mass is 35.5. The summed E-state index contributed by atoms with van der Waals surface area (Å²) in [5.74, 6) is 0.944. The van der Waals surface area contributed by atoms with Crippen LogP contribution in [0.3, 0.4) is 0 Å². The molecule has 1 saturated heterocycles. The number of aromatic nitrogens is 2. The molecule has 3 heterocycles. The van der Waals surface area contributed by atoms with E-state index in [0.717, 1.165) is 35.0 Å². The Morgan fingerprint density at radius 1 is 1.19 bits per heavy atom. The molecule has 1 aliphatic heterocycles. The van der Waals surface area contributed by atoms with Crippen LogP contribution in [0.15, 0.2) is 30.5 Å². The highest BCUT2D eigenvalue weighted by Gasteiger charge is 2.26. The number of ether oxygens (including phenoxy) is 2. The number of amides is 1. The molecule has 0 radical (unpaired) electrons. The number of fused-ring (bicyclic) bond motifs is 1. The zero-order valence-electron chi connectivity index (χ0n) is 17.6. The van der Waals surface area contributed by atoms with Crippen molar-refractivity contribution in [2.75, 3.05) is 44.3 Å². The van der Waals surface area contributed by atoms with Gasteiger partial charge in [-0.1, -0.05) is 29.9 Å². The van der Waals surface area contributed by atoms with Crippen LogP contribution >= 0.6 is 22.9 Å². The van der Waals surface area contributed by atoms with Crippen LogP contribution < -0.4 is 14.4 Å². The lowest BCUT2D eigenvalue weighted by atomic mass is 10.1. The third kappa shape index (κ3) is 4.70. The van der Waals surface area contributed by atoms with Crippen molar-refractivity contribution in [1.29, 1.82) is 0 Å². The van der Waals surface area contributed by atoms with Crippen molar-refractivity contribution in [1.82, 2.24) is 14.9 Å². The molecular weight excluding hydrogens is 436 g/mol. The minimum atomic E-state index is -0.0597. The van der Waals surface area contributed by atoms with Gasteiger partial charge in [0.2, 0.25) is 0 Å². The topological polar surface area (TPSA) is 67.8 Å². The van der Waals surface area contributed by atoms with Gasteiger partial charge < -0.3 is 19.3 Å². The minimum absolute atomic E-state index is 0.0597. The van der Waals surface area contributed by atoms with Gasteiger partial charge in [-0.05, 0) is 37.6 Å². The number of rotatable bonds is 7. The lowest BCUT2D eigenvalue weighted by Gasteiger charge is -2.34. The second kappa shape index (κ2) is 9.70. The van der Waals surface area contributed by atoms with Gasteiger partial charge >= 0.3 is 0 Å². The standard InChI is InChI=1S/C22H25ClN4O3S/c1-3-12-30-19-16(23)13-15(14-18(19)29-4-2)21(28)26-8-10-27(11-9-26)22-25-17-6-5-7-24-20(17)31-22/h5-7,13-14H,3-4,8-12H2,1-2H3. The normalized spacial score (nSPS) is 14.2. The number of carbonyl (C=O) groups is 1. The van der Waals surface area contributed by atoms with Crippen molar-refractivity contribution in [3.8, 4) is 11.5 Å². The van der Waals surface area contributed by atoms with Gasteiger partial charge in [-0.3, -0.25) is 4.79 Å². The number of hydrogen-bond acceptors (Lipinski definition) is 7. The molecule has 1 fully saturated rings. The number of carbonyl (C=O) groups excluding carboxylic acids is 1. The molecule has 4 rings (SSSR count). The molecule has 0 spiro atoms. The first-order chi connectivity index (χ1) is 15.1. The Kier molecular flexibility index (Phi) is 6.77. The van der Waals surface area contributed by atoms with E-state index in [1.807, 2.05) is 30.9 Å². The second-order valence-corrected chi connectivity index (χ2v) is 8.53. The molecule has 0 atom stereocenters. The fraction of sp³-hybridized carbons (Fsp3) is 0.409. The summed E-state index contributed by atoms with van der Waals surface area (Å²) >= 11 is 8.01. The van der Waals surface area contributed by atoms with Crippen molar-refractivity contribution in [3.63, 3.8) is 0 Å². The Morgan fingerprint density at radius 2 is 2.00 bits per heavy atom. The number of thiazole rings is 1. The van der Waals surface area contributed by atoms with Gasteiger partial charge in [-0.25, -0.2) is 9.97 Å². The summed E-state index contributed by atoms with van der Waals surface area (Å²) in [5, 5.41) is 1.34. The lowest BCUT2D eigenvalue weighted by Crippen LogP contribution is -2.48. The van der Waals surface area contributed by atoms with E-state index in [4.69, 9.17) is 21.1 Å². The van der Waals surface area contributed by atoms with Crippen LogP contribution in [0.25, 0.3) is 10.3 Å². The Bertz CT molecular complexity index is 1030. The molecule has 3 aromatic rings. The van der Waals surface area contributed by atoms with Crippen LogP contribution in [0.4, 0.5) is 5.13 Å². The fourth-order valence-corrected chi connectivity index (χ4v) is 4.70. The number of hydrogen-bond donors (Lipinski definition) is 0. The molecule has 1 aromatic carbocycles. The third-order valence-corrected chi connectivity index (χ3v) is 6.32. The van der Waals surface area contributed by atoms with E-state index in [2.05, 4.69) is 14.9 Å². The van der Waals surface area contributed by atoms with Gasteiger partial charge in [-0.15, -0.1) is 0 Å². The molecule has 0 aliphatic carbocycles. The Balaban J connectivity index is 1.46. The van der Waals surface area contributed by atoms with Crippen LogP contribution in [0.2, 0.25) is 5.02 Å². The zero-order chi connectivity index (χ0) is 21.8. The van der Waals surface area contributed by atoms with Gasteiger partial charge in [0.15, 0.2) is 16.6 Å². The Morgan fingerprint density at radius 3 is 2.71 bits per heavy atom. The van der Waals surface area contributed by atoms with Crippen LogP contribution in [-0.2, 0) is 0 Å². The van der Waals surface area contributed by atoms with Crippen LogP contribution in [-0.4, -0.2) is 60.2 Å². The predicted molar refractivity (Wildman–Crippen MR) is 124 cm³/mol. The molecule has 164 valence electrons. The monoisotopic (exact) mass is 460 g/mol. The summed E-state index contributed by atoms with van der Waals surface area (Å²) in [6.45, 7) is 7.57. The van der Waals surface area contributed by atoms with E-state index in [1.165, 1.54) is 0 Å². The first kappa shape index (κ1) is 21.6. The quantitative estimate of drug-likeness (QED) is 0.517. The summed E-state index contributed by atoms with van der Waals surface area (Å²) in [5.41, 5.74) is 1.42. The lowest BCUT2D eigenvalue weighted by molar-refractivity contribution is 0.0746. The zero-order valence-corrected chi connectivity index (χ0v) is 19.2. The highest BCUT2D eigenvalue weighted by molar-refractivity contribution is 7.21. The molecule has 1 aliphatic rings. The van der Waals surface area contributed by atoms with E-state index >= 15 is 0 Å². The summed E-state index contributed by atoms with van der Waals surface area (Å²) in [4.78, 5) is 27.2. The summed E-state index contributed by atoms with van der Waals surface area (Å²) in [6.07, 6.45) is 2.64. The van der Waals surface area contributed by atoms with Crippen LogP contribution in [0.5, 0.6) is 11.5 Å². The van der Waals surface area contributed by atoms with Gasteiger partial charge in [0, 0.05) is 37.9 Å². The molecule has 2 aromatic heterocycles. The number of pyridine rings is 1. The summed E-state index contributed by atoms with van der Waals surface area (Å²) < 4.78 is 11.4. The number of piperazine rings is 1. The number of anilines is 1. The molecule has 0 bridgehead atoms. The first-order valence-electron chi connectivity index (χ1n) is 10.5. The van der Waals surface area contributed by atoms with Crippen molar-refractivity contribution in [2.24, 2.45) is 0 Å². The molecule has 0 unspecified atom stereocenters. The number of nitrogens with zero attached hydrogens (tertiary/aromatic N) is 4. The predicted octanol–water partition coefficient (Wildman–Crippen LogP) is 4.49. The van der Waals surface area contributed by atoms with Crippen molar-refractivity contribution >= 4 is 44.3 Å². The van der Waals surface area contributed by atoms with Crippen molar-refractivity contribution < 1.29 is 14.3 Å². The maximum Gasteiger partial charge on any atom is 0.254 e. The van der Waals surface area contributed by atoms with Gasteiger partial charge in [-0.2, -0.15) is 0 Å². The SMILES string of the molecule is CCCOc1c(Cl)cc(C(=O)N2CCN(c3nc4cccnc4s3)CC2)cc1OCC. The van der Waals surface area contributed by atoms with Crippen molar-refractivity contribution in [3.05, 3.63) is 41.0 Å². The Labute approximate surface area is 190 Å². The van der Waals surface area contributed by atoms with Crippen molar-refractivity contribution in [2.45, 2.75) is 20.3 Å². The first-order valence-corrected chi connectivity index (χ1v) is 11.6.